The Morgan fingerprint density at radius 2 is 1.84 bits per heavy atom. The van der Waals surface area contributed by atoms with E-state index in [0.717, 1.165) is 51.1 Å². The number of thiophene rings is 1. The van der Waals surface area contributed by atoms with Crippen LogP contribution in [0, 0.1) is 11.6 Å². The van der Waals surface area contributed by atoms with Crippen LogP contribution >= 0.6 is 11.3 Å². The highest BCUT2D eigenvalue weighted by Gasteiger charge is 2.22. The lowest BCUT2D eigenvalue weighted by molar-refractivity contribution is 0.179. The molecule has 4 heterocycles. The second-order valence-corrected chi connectivity index (χ2v) is 10.3. The largest absolute Gasteiger partial charge is 0.489 e. The highest BCUT2D eigenvalue weighted by atomic mass is 32.1. The summed E-state index contributed by atoms with van der Waals surface area (Å²) in [5.74, 6) is -2.03. The number of likely N-dealkylation sites (tertiary alicyclic amines) is 1. The minimum atomic E-state index is -1.11. The fourth-order valence-corrected chi connectivity index (χ4v) is 5.74. The van der Waals surface area contributed by atoms with Gasteiger partial charge in [0.15, 0.2) is 17.4 Å². The van der Waals surface area contributed by atoms with E-state index < -0.39 is 11.6 Å². The molecule has 2 N–H and O–H groups in total. The van der Waals surface area contributed by atoms with Crippen molar-refractivity contribution in [3.63, 3.8) is 0 Å². The Kier molecular flexibility index (Phi) is 6.69. The second-order valence-electron chi connectivity index (χ2n) is 9.18. The standard InChI is InChI=1S/C27H25F2N7OS/c28-24-20(8-9-21(25(24)29)37-13-12-35-10-4-1-5-11-35)36-27(32-33-34-36)19-14-18(16-31-26(19)30)23-15-17-6-2-3-7-22(17)38-23/h2-3,6-9,14-16H,1,4-5,10-13H2,(H2,30,31). The van der Waals surface area contributed by atoms with Gasteiger partial charge in [-0.05, 0) is 72.1 Å². The number of anilines is 1. The van der Waals surface area contributed by atoms with Gasteiger partial charge in [-0.1, -0.05) is 24.6 Å². The maximum atomic E-state index is 15.2. The molecule has 1 aliphatic rings. The summed E-state index contributed by atoms with van der Waals surface area (Å²) in [6.45, 7) is 2.95. The molecule has 0 unspecified atom stereocenters. The first-order chi connectivity index (χ1) is 18.6. The number of rotatable bonds is 7. The number of piperidine rings is 1. The molecule has 0 spiro atoms. The van der Waals surface area contributed by atoms with Gasteiger partial charge in [-0.25, -0.2) is 9.37 Å². The third-order valence-corrected chi connectivity index (χ3v) is 7.87. The molecule has 6 rings (SSSR count). The number of nitrogens with two attached hydrogens (primary N) is 1. The van der Waals surface area contributed by atoms with Crippen molar-refractivity contribution < 1.29 is 13.5 Å². The van der Waals surface area contributed by atoms with Crippen LogP contribution in [-0.2, 0) is 0 Å². The summed E-state index contributed by atoms with van der Waals surface area (Å²) in [6.07, 6.45) is 5.21. The molecule has 0 bridgehead atoms. The third kappa shape index (κ3) is 4.70. The first kappa shape index (κ1) is 24.4. The average molecular weight is 534 g/mol. The molecule has 0 amide bonds. The van der Waals surface area contributed by atoms with Crippen molar-refractivity contribution in [1.82, 2.24) is 30.1 Å². The van der Waals surface area contributed by atoms with E-state index in [-0.39, 0.29) is 29.7 Å². The molecule has 0 radical (unpaired) electrons. The van der Waals surface area contributed by atoms with Crippen LogP contribution in [-0.4, -0.2) is 56.3 Å². The van der Waals surface area contributed by atoms with Crippen molar-refractivity contribution in [2.45, 2.75) is 19.3 Å². The molecular weight excluding hydrogens is 508 g/mol. The van der Waals surface area contributed by atoms with E-state index in [9.17, 15) is 4.39 Å². The summed E-state index contributed by atoms with van der Waals surface area (Å²) in [5, 5.41) is 12.8. The quantitative estimate of drug-likeness (QED) is 0.302. The highest BCUT2D eigenvalue weighted by Crippen LogP contribution is 2.36. The van der Waals surface area contributed by atoms with Crippen LogP contribution in [0.1, 0.15) is 19.3 Å². The number of nitrogen functional groups attached to an aromatic ring is 1. The first-order valence-corrected chi connectivity index (χ1v) is 13.3. The zero-order valence-corrected chi connectivity index (χ0v) is 21.3. The van der Waals surface area contributed by atoms with Gasteiger partial charge in [0.1, 0.15) is 18.1 Å². The van der Waals surface area contributed by atoms with Gasteiger partial charge in [0, 0.05) is 27.9 Å². The molecule has 38 heavy (non-hydrogen) atoms. The molecule has 5 aromatic rings. The fraction of sp³-hybridized carbons (Fsp3) is 0.259. The number of fused-ring (bicyclic) bond motifs is 1. The Bertz CT molecular complexity index is 1560. The molecule has 3 aromatic heterocycles. The molecule has 194 valence electrons. The zero-order chi connectivity index (χ0) is 26.1. The van der Waals surface area contributed by atoms with Gasteiger partial charge in [-0.2, -0.15) is 9.07 Å². The SMILES string of the molecule is Nc1ncc(-c2cc3ccccc3s2)cc1-c1nnnn1-c1ccc(OCCN2CCCCC2)c(F)c1F. The minimum Gasteiger partial charge on any atom is -0.489 e. The highest BCUT2D eigenvalue weighted by molar-refractivity contribution is 7.22. The summed E-state index contributed by atoms with van der Waals surface area (Å²) < 4.78 is 38.1. The normalized spacial score (nSPS) is 14.3. The topological polar surface area (TPSA) is 95.0 Å². The number of benzene rings is 2. The molecule has 0 aliphatic carbocycles. The average Bonchev–Trinajstić information content (AvgIpc) is 3.60. The van der Waals surface area contributed by atoms with Crippen LogP contribution in [0.4, 0.5) is 14.6 Å². The van der Waals surface area contributed by atoms with E-state index in [1.54, 1.807) is 17.5 Å². The van der Waals surface area contributed by atoms with E-state index >= 15 is 4.39 Å². The number of pyridine rings is 1. The van der Waals surface area contributed by atoms with E-state index in [1.165, 1.54) is 18.6 Å². The summed E-state index contributed by atoms with van der Waals surface area (Å²) >= 11 is 1.62. The maximum absolute atomic E-state index is 15.2. The summed E-state index contributed by atoms with van der Waals surface area (Å²) in [6, 6.07) is 14.7. The summed E-state index contributed by atoms with van der Waals surface area (Å²) in [7, 11) is 0. The lowest BCUT2D eigenvalue weighted by Crippen LogP contribution is -2.33. The lowest BCUT2D eigenvalue weighted by atomic mass is 10.1. The van der Waals surface area contributed by atoms with Gasteiger partial charge in [-0.15, -0.1) is 16.4 Å². The molecular formula is C27H25F2N7OS. The van der Waals surface area contributed by atoms with Crippen molar-refractivity contribution in [3.8, 4) is 33.3 Å². The second kappa shape index (κ2) is 10.4. The van der Waals surface area contributed by atoms with Gasteiger partial charge < -0.3 is 10.5 Å². The Balaban J connectivity index is 1.28. The van der Waals surface area contributed by atoms with E-state index in [2.05, 4.69) is 31.5 Å². The number of hydrogen-bond acceptors (Lipinski definition) is 8. The molecule has 1 fully saturated rings. The molecule has 8 nitrogen and oxygen atoms in total. The number of tetrazole rings is 1. The molecule has 0 saturated carbocycles. The van der Waals surface area contributed by atoms with Crippen molar-refractivity contribution >= 4 is 27.2 Å². The van der Waals surface area contributed by atoms with E-state index in [0.29, 0.717) is 12.1 Å². The van der Waals surface area contributed by atoms with Crippen LogP contribution in [0.2, 0.25) is 0 Å². The Morgan fingerprint density at radius 3 is 2.68 bits per heavy atom. The number of halogens is 2. The number of hydrogen-bond donors (Lipinski definition) is 1. The number of ether oxygens (including phenoxy) is 1. The van der Waals surface area contributed by atoms with Crippen molar-refractivity contribution in [3.05, 3.63) is 66.4 Å². The van der Waals surface area contributed by atoms with Crippen molar-refractivity contribution in [1.29, 1.82) is 0 Å². The number of nitrogens with zero attached hydrogens (tertiary/aromatic N) is 6. The van der Waals surface area contributed by atoms with Crippen LogP contribution in [0.5, 0.6) is 5.75 Å². The van der Waals surface area contributed by atoms with E-state index in [1.807, 2.05) is 30.3 Å². The Hall–Kier alpha value is -3.96. The van der Waals surface area contributed by atoms with Gasteiger partial charge in [-0.3, -0.25) is 4.90 Å². The van der Waals surface area contributed by atoms with Crippen molar-refractivity contribution in [2.75, 3.05) is 32.0 Å². The maximum Gasteiger partial charge on any atom is 0.202 e. The Morgan fingerprint density at radius 1 is 1.00 bits per heavy atom. The predicted molar refractivity (Wildman–Crippen MR) is 143 cm³/mol. The molecule has 2 aromatic carbocycles. The zero-order valence-electron chi connectivity index (χ0n) is 20.5. The monoisotopic (exact) mass is 533 g/mol. The molecule has 1 saturated heterocycles. The van der Waals surface area contributed by atoms with Gasteiger partial charge >= 0.3 is 0 Å². The number of aromatic nitrogens is 5. The Labute approximate surface area is 221 Å². The predicted octanol–water partition coefficient (Wildman–Crippen LogP) is 5.33. The third-order valence-electron chi connectivity index (χ3n) is 6.71. The first-order valence-electron chi connectivity index (χ1n) is 12.5. The molecule has 1 aliphatic heterocycles. The van der Waals surface area contributed by atoms with Crippen LogP contribution in [0.25, 0.3) is 37.6 Å². The van der Waals surface area contributed by atoms with Gasteiger partial charge in [0.2, 0.25) is 5.82 Å². The summed E-state index contributed by atoms with van der Waals surface area (Å²) in [4.78, 5) is 7.58. The minimum absolute atomic E-state index is 0.147. The van der Waals surface area contributed by atoms with Gasteiger partial charge in [0.25, 0.3) is 0 Å². The van der Waals surface area contributed by atoms with E-state index in [4.69, 9.17) is 10.5 Å². The van der Waals surface area contributed by atoms with Crippen molar-refractivity contribution in [2.24, 2.45) is 0 Å². The molecule has 0 atom stereocenters. The smallest absolute Gasteiger partial charge is 0.202 e. The lowest BCUT2D eigenvalue weighted by Gasteiger charge is -2.26. The van der Waals surface area contributed by atoms with Crippen LogP contribution in [0.15, 0.2) is 54.7 Å². The van der Waals surface area contributed by atoms with Crippen LogP contribution < -0.4 is 10.5 Å². The van der Waals surface area contributed by atoms with Crippen LogP contribution in [0.3, 0.4) is 0 Å². The van der Waals surface area contributed by atoms with Gasteiger partial charge in [0.05, 0.1) is 5.56 Å². The molecule has 11 heteroatoms. The fourth-order valence-electron chi connectivity index (χ4n) is 4.69. The summed E-state index contributed by atoms with van der Waals surface area (Å²) in [5.41, 5.74) is 7.25.